The molecule has 0 aliphatic carbocycles. The normalized spacial score (nSPS) is 11.3. The van der Waals surface area contributed by atoms with Crippen LogP contribution in [0.2, 0.25) is 0 Å². The smallest absolute Gasteiger partial charge is 0.308 e. The molecule has 0 unspecified atom stereocenters. The maximum atomic E-state index is 11.2. The fourth-order valence-corrected chi connectivity index (χ4v) is 2.73. The van der Waals surface area contributed by atoms with Gasteiger partial charge in [0.15, 0.2) is 11.5 Å². The summed E-state index contributed by atoms with van der Waals surface area (Å²) in [7, 11) is 1.49. The zero-order valence-corrected chi connectivity index (χ0v) is 15.6. The van der Waals surface area contributed by atoms with Gasteiger partial charge in [-0.25, -0.2) is 4.98 Å². The van der Waals surface area contributed by atoms with Crippen molar-refractivity contribution in [1.29, 1.82) is 5.26 Å². The van der Waals surface area contributed by atoms with E-state index in [1.807, 2.05) is 26.0 Å². The van der Waals surface area contributed by atoms with Gasteiger partial charge < -0.3 is 14.5 Å². The van der Waals surface area contributed by atoms with E-state index in [0.717, 1.165) is 27.7 Å². The topological polar surface area (TPSA) is 88.0 Å². The molecule has 0 bridgehead atoms. The second kappa shape index (κ2) is 7.34. The highest BCUT2D eigenvalue weighted by molar-refractivity contribution is 5.90. The lowest BCUT2D eigenvalue weighted by atomic mass is 10.1. The molecule has 6 heteroatoms. The number of aromatic nitrogens is 2. The summed E-state index contributed by atoms with van der Waals surface area (Å²) in [6, 6.07) is 11.3. The van der Waals surface area contributed by atoms with E-state index in [2.05, 4.69) is 16.0 Å². The number of nitriles is 1. The van der Waals surface area contributed by atoms with Crippen molar-refractivity contribution in [3.8, 4) is 17.6 Å². The van der Waals surface area contributed by atoms with Crippen molar-refractivity contribution < 1.29 is 14.3 Å². The largest absolute Gasteiger partial charge is 0.493 e. The third-order valence-electron chi connectivity index (χ3n) is 4.23. The van der Waals surface area contributed by atoms with Crippen molar-refractivity contribution in [1.82, 2.24) is 9.97 Å². The zero-order chi connectivity index (χ0) is 19.6. The predicted octanol–water partition coefficient (Wildman–Crippen LogP) is 4.18. The van der Waals surface area contributed by atoms with Gasteiger partial charge in [-0.1, -0.05) is 6.07 Å². The number of imidazole rings is 1. The Bertz CT molecular complexity index is 1060. The van der Waals surface area contributed by atoms with Crippen LogP contribution in [0.5, 0.6) is 11.5 Å². The van der Waals surface area contributed by atoms with E-state index in [4.69, 9.17) is 9.47 Å². The Morgan fingerprint density at radius 1 is 1.19 bits per heavy atom. The maximum Gasteiger partial charge on any atom is 0.308 e. The molecular formula is C21H19N3O3. The Kier molecular flexibility index (Phi) is 4.95. The summed E-state index contributed by atoms with van der Waals surface area (Å²) in [6.45, 7) is 5.39. The van der Waals surface area contributed by atoms with Crippen LogP contribution >= 0.6 is 0 Å². The van der Waals surface area contributed by atoms with Crippen molar-refractivity contribution in [3.63, 3.8) is 0 Å². The summed E-state index contributed by atoms with van der Waals surface area (Å²) in [4.78, 5) is 18.9. The molecule has 0 spiro atoms. The minimum atomic E-state index is -0.429. The van der Waals surface area contributed by atoms with Crippen LogP contribution in [-0.4, -0.2) is 23.0 Å². The van der Waals surface area contributed by atoms with Crippen LogP contribution in [0.3, 0.4) is 0 Å². The molecule has 0 fully saturated rings. The molecule has 2 aromatic carbocycles. The molecule has 0 aliphatic rings. The minimum Gasteiger partial charge on any atom is -0.493 e. The Labute approximate surface area is 157 Å². The number of methoxy groups -OCH3 is 1. The molecule has 0 atom stereocenters. The second-order valence-corrected chi connectivity index (χ2v) is 6.21. The summed E-state index contributed by atoms with van der Waals surface area (Å²) >= 11 is 0. The van der Waals surface area contributed by atoms with Crippen molar-refractivity contribution in [2.24, 2.45) is 0 Å². The number of carbonyl (C=O) groups is 1. The van der Waals surface area contributed by atoms with Crippen molar-refractivity contribution in [3.05, 3.63) is 52.8 Å². The molecule has 0 saturated carbocycles. The molecule has 6 nitrogen and oxygen atoms in total. The predicted molar refractivity (Wildman–Crippen MR) is 103 cm³/mol. The Balaban J connectivity index is 2.01. The van der Waals surface area contributed by atoms with Crippen molar-refractivity contribution in [2.45, 2.75) is 20.8 Å². The fraction of sp³-hybridized carbons (Fsp3) is 0.190. The third kappa shape index (κ3) is 3.82. The van der Waals surface area contributed by atoms with Gasteiger partial charge in [0.2, 0.25) is 0 Å². The van der Waals surface area contributed by atoms with Gasteiger partial charge in [-0.15, -0.1) is 0 Å². The van der Waals surface area contributed by atoms with Gasteiger partial charge in [-0.05, 0) is 60.9 Å². The summed E-state index contributed by atoms with van der Waals surface area (Å²) in [5, 5.41) is 9.60. The molecule has 136 valence electrons. The number of benzene rings is 2. The van der Waals surface area contributed by atoms with E-state index in [9.17, 15) is 10.1 Å². The average molecular weight is 361 g/mol. The molecule has 1 heterocycles. The molecule has 0 radical (unpaired) electrons. The summed E-state index contributed by atoms with van der Waals surface area (Å²) in [6.07, 6.45) is 1.71. The van der Waals surface area contributed by atoms with E-state index >= 15 is 0 Å². The van der Waals surface area contributed by atoms with E-state index < -0.39 is 5.97 Å². The number of esters is 1. The van der Waals surface area contributed by atoms with Crippen molar-refractivity contribution >= 4 is 28.7 Å². The quantitative estimate of drug-likeness (QED) is 0.428. The van der Waals surface area contributed by atoms with Crippen LogP contribution in [0.15, 0.2) is 30.3 Å². The van der Waals surface area contributed by atoms with Gasteiger partial charge in [-0.3, -0.25) is 4.79 Å². The van der Waals surface area contributed by atoms with Gasteiger partial charge in [0.1, 0.15) is 11.9 Å². The van der Waals surface area contributed by atoms with Crippen LogP contribution in [0, 0.1) is 25.2 Å². The summed E-state index contributed by atoms with van der Waals surface area (Å²) < 4.78 is 10.4. The second-order valence-electron chi connectivity index (χ2n) is 6.21. The first-order valence-corrected chi connectivity index (χ1v) is 8.37. The average Bonchev–Trinajstić information content (AvgIpc) is 3.03. The number of carbonyl (C=O) groups excluding carboxylic acids is 1. The standard InChI is InChI=1S/C21H19N3O3/c1-12-7-17-18(8-13(12)2)24-21(23-17)16(11-22)9-15-5-6-19(27-14(3)25)20(10-15)26-4/h5-10H,1-4H3,(H,23,24). The molecule has 0 amide bonds. The van der Waals surface area contributed by atoms with E-state index in [1.165, 1.54) is 14.0 Å². The number of hydrogen-bond acceptors (Lipinski definition) is 5. The Hall–Kier alpha value is -3.59. The van der Waals surface area contributed by atoms with Gasteiger partial charge >= 0.3 is 5.97 Å². The lowest BCUT2D eigenvalue weighted by Gasteiger charge is -2.08. The van der Waals surface area contributed by atoms with Crippen LogP contribution in [0.4, 0.5) is 0 Å². The molecule has 0 saturated heterocycles. The van der Waals surface area contributed by atoms with Crippen LogP contribution in [-0.2, 0) is 4.79 Å². The molecule has 1 N–H and O–H groups in total. The minimum absolute atomic E-state index is 0.329. The molecule has 27 heavy (non-hydrogen) atoms. The third-order valence-corrected chi connectivity index (χ3v) is 4.23. The number of aryl methyl sites for hydroxylation is 2. The van der Waals surface area contributed by atoms with Crippen LogP contribution < -0.4 is 9.47 Å². The van der Waals surface area contributed by atoms with Gasteiger partial charge in [0.05, 0.1) is 23.7 Å². The number of hydrogen-bond donors (Lipinski definition) is 1. The summed E-state index contributed by atoms with van der Waals surface area (Å²) in [5.74, 6) is 0.810. The highest BCUT2D eigenvalue weighted by Gasteiger charge is 2.11. The number of H-pyrrole nitrogens is 1. The van der Waals surface area contributed by atoms with Gasteiger partial charge in [-0.2, -0.15) is 5.26 Å². The number of rotatable bonds is 4. The highest BCUT2D eigenvalue weighted by atomic mass is 16.6. The van der Waals surface area contributed by atoms with Crippen molar-refractivity contribution in [2.75, 3.05) is 7.11 Å². The Morgan fingerprint density at radius 3 is 2.59 bits per heavy atom. The zero-order valence-electron chi connectivity index (χ0n) is 15.6. The van der Waals surface area contributed by atoms with Gasteiger partial charge in [0.25, 0.3) is 0 Å². The molecule has 0 aliphatic heterocycles. The van der Waals surface area contributed by atoms with E-state index in [-0.39, 0.29) is 0 Å². The molecule has 1 aromatic heterocycles. The molecule has 3 aromatic rings. The lowest BCUT2D eigenvalue weighted by Crippen LogP contribution is -2.03. The van der Waals surface area contributed by atoms with E-state index in [1.54, 1.807) is 24.3 Å². The number of nitrogens with zero attached hydrogens (tertiary/aromatic N) is 2. The Morgan fingerprint density at radius 2 is 1.93 bits per heavy atom. The first kappa shape index (κ1) is 18.2. The summed E-state index contributed by atoms with van der Waals surface area (Å²) in [5.41, 5.74) is 5.13. The first-order chi connectivity index (χ1) is 12.9. The number of allylic oxidation sites excluding steroid dienone is 1. The maximum absolute atomic E-state index is 11.2. The number of fused-ring (bicyclic) bond motifs is 1. The molecular weight excluding hydrogens is 342 g/mol. The van der Waals surface area contributed by atoms with Gasteiger partial charge in [0, 0.05) is 6.92 Å². The highest BCUT2D eigenvalue weighted by Crippen LogP contribution is 2.30. The number of aromatic amines is 1. The van der Waals surface area contributed by atoms with E-state index in [0.29, 0.717) is 22.9 Å². The number of nitrogens with one attached hydrogen (secondary N) is 1. The molecule has 3 rings (SSSR count). The lowest BCUT2D eigenvalue weighted by molar-refractivity contribution is -0.132. The van der Waals surface area contributed by atoms with Crippen LogP contribution in [0.1, 0.15) is 29.4 Å². The first-order valence-electron chi connectivity index (χ1n) is 8.37. The number of ether oxygens (including phenoxy) is 2. The fourth-order valence-electron chi connectivity index (χ4n) is 2.73. The monoisotopic (exact) mass is 361 g/mol. The SMILES string of the molecule is COc1cc(C=C(C#N)c2nc3cc(C)c(C)cc3[nH]2)ccc1OC(C)=O. The van der Waals surface area contributed by atoms with Crippen LogP contribution in [0.25, 0.3) is 22.7 Å².